The van der Waals surface area contributed by atoms with Gasteiger partial charge in [0.1, 0.15) is 22.4 Å². The van der Waals surface area contributed by atoms with Crippen molar-refractivity contribution in [3.63, 3.8) is 0 Å². The van der Waals surface area contributed by atoms with E-state index in [1.54, 1.807) is 7.11 Å². The number of nitrogens with zero attached hydrogens (tertiary/aromatic N) is 2. The second-order valence-electron chi connectivity index (χ2n) is 9.13. The van der Waals surface area contributed by atoms with E-state index in [-0.39, 0.29) is 11.7 Å². The largest absolute Gasteiger partial charge is 0.497 e. The standard InChI is InChI=1S/C27H32N2O3S/c1-17(25(30)6-4-5-19-7-8-19)20-9-11-21(12-10-20)26(31)16-33-27-23-15-22(32-3)13-14-24(23)28-18(2)29-27/h9,11,13-15,17,19H,4-8,10,12,16H2,1-3H3/t17-/m1/s1. The topological polar surface area (TPSA) is 69.2 Å². The molecular formula is C27H32N2O3S. The lowest BCUT2D eigenvalue weighted by atomic mass is 9.85. The lowest BCUT2D eigenvalue weighted by Gasteiger charge is -2.19. The van der Waals surface area contributed by atoms with E-state index in [0.29, 0.717) is 30.2 Å². The zero-order valence-electron chi connectivity index (χ0n) is 19.7. The molecule has 0 amide bonds. The Labute approximate surface area is 200 Å². The van der Waals surface area contributed by atoms with Gasteiger partial charge in [0, 0.05) is 17.7 Å². The molecule has 6 heteroatoms. The Morgan fingerprint density at radius 2 is 2.00 bits per heavy atom. The molecule has 174 valence electrons. The summed E-state index contributed by atoms with van der Waals surface area (Å²) in [4.78, 5) is 34.5. The summed E-state index contributed by atoms with van der Waals surface area (Å²) in [6.07, 6.45) is 11.0. The van der Waals surface area contributed by atoms with Crippen LogP contribution in [0.4, 0.5) is 0 Å². The third-order valence-corrected chi connectivity index (χ3v) is 7.62. The summed E-state index contributed by atoms with van der Waals surface area (Å²) in [7, 11) is 1.63. The minimum absolute atomic E-state index is 0.0446. The van der Waals surface area contributed by atoms with Crippen LogP contribution >= 0.6 is 11.8 Å². The molecule has 0 unspecified atom stereocenters. The van der Waals surface area contributed by atoms with Crippen molar-refractivity contribution in [3.05, 3.63) is 47.3 Å². The van der Waals surface area contributed by atoms with Crippen molar-refractivity contribution in [1.29, 1.82) is 0 Å². The number of benzene rings is 1. The second kappa shape index (κ2) is 10.6. The van der Waals surface area contributed by atoms with Crippen LogP contribution in [0, 0.1) is 18.8 Å². The smallest absolute Gasteiger partial charge is 0.169 e. The summed E-state index contributed by atoms with van der Waals surface area (Å²) in [6, 6.07) is 5.71. The van der Waals surface area contributed by atoms with E-state index in [4.69, 9.17) is 4.74 Å². The molecule has 1 heterocycles. The van der Waals surface area contributed by atoms with Crippen LogP contribution < -0.4 is 4.74 Å². The average Bonchev–Trinajstić information content (AvgIpc) is 3.66. The Kier molecular flexibility index (Phi) is 7.63. The van der Waals surface area contributed by atoms with Gasteiger partial charge in [-0.15, -0.1) is 0 Å². The van der Waals surface area contributed by atoms with Gasteiger partial charge in [0.05, 0.1) is 18.4 Å². The Bertz CT molecular complexity index is 1120. The number of aryl methyl sites for hydroxylation is 1. The van der Waals surface area contributed by atoms with Gasteiger partial charge in [-0.2, -0.15) is 0 Å². The van der Waals surface area contributed by atoms with E-state index >= 15 is 0 Å². The molecule has 2 aliphatic rings. The second-order valence-corrected chi connectivity index (χ2v) is 10.1. The predicted molar refractivity (Wildman–Crippen MR) is 133 cm³/mol. The molecule has 1 atom stereocenters. The zero-order valence-corrected chi connectivity index (χ0v) is 20.5. The average molecular weight is 465 g/mol. The fourth-order valence-electron chi connectivity index (χ4n) is 4.30. The Morgan fingerprint density at radius 1 is 1.18 bits per heavy atom. The molecule has 0 bridgehead atoms. The molecule has 0 N–H and O–H groups in total. The number of methoxy groups -OCH3 is 1. The van der Waals surface area contributed by atoms with Gasteiger partial charge >= 0.3 is 0 Å². The number of rotatable bonds is 11. The maximum Gasteiger partial charge on any atom is 0.169 e. The first-order valence-electron chi connectivity index (χ1n) is 11.9. The molecule has 1 fully saturated rings. The molecule has 1 aromatic carbocycles. The summed E-state index contributed by atoms with van der Waals surface area (Å²) in [5.74, 6) is 3.04. The van der Waals surface area contributed by atoms with Crippen molar-refractivity contribution < 1.29 is 14.3 Å². The maximum atomic E-state index is 12.9. The van der Waals surface area contributed by atoms with Crippen LogP contribution in [0.3, 0.4) is 0 Å². The van der Waals surface area contributed by atoms with Gasteiger partial charge in [-0.05, 0) is 55.9 Å². The minimum Gasteiger partial charge on any atom is -0.497 e. The number of fused-ring (bicyclic) bond motifs is 1. The summed E-state index contributed by atoms with van der Waals surface area (Å²) < 4.78 is 5.34. The number of thioether (sulfide) groups is 1. The lowest BCUT2D eigenvalue weighted by Crippen LogP contribution is -2.16. The quantitative estimate of drug-likeness (QED) is 0.298. The number of Topliss-reactive ketones (excluding diaryl/α,β-unsaturated/α-hetero) is 2. The molecule has 0 radical (unpaired) electrons. The van der Waals surface area contributed by atoms with Gasteiger partial charge < -0.3 is 4.74 Å². The van der Waals surface area contributed by atoms with Crippen LogP contribution in [0.2, 0.25) is 0 Å². The van der Waals surface area contributed by atoms with Gasteiger partial charge in [0.25, 0.3) is 0 Å². The first kappa shape index (κ1) is 23.7. The van der Waals surface area contributed by atoms with Crippen LogP contribution in [-0.4, -0.2) is 34.4 Å². The van der Waals surface area contributed by atoms with Crippen molar-refractivity contribution in [2.45, 2.75) is 63.8 Å². The highest BCUT2D eigenvalue weighted by Gasteiger charge is 2.24. The molecule has 1 aromatic heterocycles. The van der Waals surface area contributed by atoms with Crippen molar-refractivity contribution in [2.75, 3.05) is 12.9 Å². The molecule has 0 aliphatic heterocycles. The number of hydrogen-bond acceptors (Lipinski definition) is 6. The van der Waals surface area contributed by atoms with Crippen molar-refractivity contribution in [1.82, 2.24) is 9.97 Å². The molecular weight excluding hydrogens is 432 g/mol. The fourth-order valence-corrected chi connectivity index (χ4v) is 5.26. The third-order valence-electron chi connectivity index (χ3n) is 6.63. The number of aromatic nitrogens is 2. The molecule has 1 saturated carbocycles. The van der Waals surface area contributed by atoms with Crippen LogP contribution in [0.25, 0.3) is 10.9 Å². The molecule has 5 nitrogen and oxygen atoms in total. The van der Waals surface area contributed by atoms with Gasteiger partial charge in [-0.3, -0.25) is 9.59 Å². The van der Waals surface area contributed by atoms with E-state index in [0.717, 1.165) is 51.6 Å². The van der Waals surface area contributed by atoms with Crippen molar-refractivity contribution in [3.8, 4) is 5.75 Å². The predicted octanol–water partition coefficient (Wildman–Crippen LogP) is 6.04. The maximum absolute atomic E-state index is 12.9. The fraction of sp³-hybridized carbons (Fsp3) is 0.481. The number of allylic oxidation sites excluding steroid dienone is 4. The van der Waals surface area contributed by atoms with E-state index in [1.165, 1.54) is 31.0 Å². The summed E-state index contributed by atoms with van der Waals surface area (Å²) in [5.41, 5.74) is 2.82. The molecule has 2 aliphatic carbocycles. The van der Waals surface area contributed by atoms with Gasteiger partial charge in [0.2, 0.25) is 0 Å². The molecule has 0 spiro atoms. The molecule has 2 aromatic rings. The molecule has 0 saturated heterocycles. The first-order valence-corrected chi connectivity index (χ1v) is 12.8. The van der Waals surface area contributed by atoms with Gasteiger partial charge in [-0.25, -0.2) is 9.97 Å². The van der Waals surface area contributed by atoms with Crippen LogP contribution in [0.15, 0.2) is 46.5 Å². The van der Waals surface area contributed by atoms with E-state index in [2.05, 4.69) is 9.97 Å². The van der Waals surface area contributed by atoms with Crippen LogP contribution in [0.5, 0.6) is 5.75 Å². The first-order chi connectivity index (χ1) is 15.9. The van der Waals surface area contributed by atoms with Gasteiger partial charge in [0.15, 0.2) is 5.78 Å². The minimum atomic E-state index is -0.0446. The monoisotopic (exact) mass is 464 g/mol. The zero-order chi connectivity index (χ0) is 23.4. The van der Waals surface area contributed by atoms with E-state index in [1.807, 2.05) is 44.2 Å². The third kappa shape index (κ3) is 6.11. The number of hydrogen-bond donors (Lipinski definition) is 0. The number of carbonyl (C=O) groups is 2. The highest BCUT2D eigenvalue weighted by molar-refractivity contribution is 8.00. The number of ether oxygens (including phenoxy) is 1. The number of carbonyl (C=O) groups excluding carboxylic acids is 2. The molecule has 33 heavy (non-hydrogen) atoms. The highest BCUT2D eigenvalue weighted by atomic mass is 32.2. The normalized spacial score (nSPS) is 16.8. The van der Waals surface area contributed by atoms with E-state index < -0.39 is 0 Å². The Hall–Kier alpha value is -2.47. The summed E-state index contributed by atoms with van der Waals surface area (Å²) >= 11 is 1.44. The Morgan fingerprint density at radius 3 is 2.70 bits per heavy atom. The molecule has 4 rings (SSSR count). The van der Waals surface area contributed by atoms with Crippen LogP contribution in [0.1, 0.15) is 57.7 Å². The summed E-state index contributed by atoms with van der Waals surface area (Å²) in [5, 5.41) is 1.69. The number of ketones is 2. The Balaban J connectivity index is 1.36. The van der Waals surface area contributed by atoms with E-state index in [9.17, 15) is 9.59 Å². The van der Waals surface area contributed by atoms with Crippen LogP contribution in [-0.2, 0) is 9.59 Å². The highest BCUT2D eigenvalue weighted by Crippen LogP contribution is 2.35. The SMILES string of the molecule is COc1ccc2nc(C)nc(SCC(=O)C3=CC=C([C@@H](C)C(=O)CCCC4CC4)CC3)c2c1. The van der Waals surface area contributed by atoms with Crippen molar-refractivity contribution in [2.24, 2.45) is 11.8 Å². The lowest BCUT2D eigenvalue weighted by molar-refractivity contribution is -0.121. The van der Waals surface area contributed by atoms with Gasteiger partial charge in [-0.1, -0.05) is 55.7 Å². The van der Waals surface area contributed by atoms with Crippen molar-refractivity contribution >= 4 is 34.2 Å². The summed E-state index contributed by atoms with van der Waals surface area (Å²) in [6.45, 7) is 3.87.